The van der Waals surface area contributed by atoms with Gasteiger partial charge in [-0.2, -0.15) is 0 Å². The lowest BCUT2D eigenvalue weighted by Gasteiger charge is -2.14. The largest absolute Gasteiger partial charge is 0.452 e. The predicted molar refractivity (Wildman–Crippen MR) is 110 cm³/mol. The van der Waals surface area contributed by atoms with E-state index in [1.165, 1.54) is 29.8 Å². The first kappa shape index (κ1) is 22.6. The first-order valence-electron chi connectivity index (χ1n) is 9.42. The highest BCUT2D eigenvalue weighted by atomic mass is 32.2. The molecule has 0 aromatic heterocycles. The molecule has 0 fully saturated rings. The van der Waals surface area contributed by atoms with Gasteiger partial charge < -0.3 is 10.1 Å². The van der Waals surface area contributed by atoms with Crippen LogP contribution in [-0.4, -0.2) is 39.5 Å². The number of rotatable bonds is 10. The summed E-state index contributed by atoms with van der Waals surface area (Å²) in [6.07, 6.45) is 1.61. The first-order valence-corrected chi connectivity index (χ1v) is 10.9. The number of amides is 1. The topological polar surface area (TPSA) is 102 Å². The number of esters is 1. The van der Waals surface area contributed by atoms with E-state index in [9.17, 15) is 18.0 Å². The van der Waals surface area contributed by atoms with Crippen molar-refractivity contribution >= 4 is 21.9 Å². The second-order valence-corrected chi connectivity index (χ2v) is 8.36. The van der Waals surface area contributed by atoms with Gasteiger partial charge in [-0.3, -0.25) is 4.79 Å². The number of carbonyl (C=O) groups is 2. The normalized spacial score (nSPS) is 12.2. The van der Waals surface area contributed by atoms with E-state index in [0.717, 1.165) is 12.8 Å². The summed E-state index contributed by atoms with van der Waals surface area (Å²) in [4.78, 5) is 24.1. The van der Waals surface area contributed by atoms with Gasteiger partial charge in [0.1, 0.15) is 0 Å². The van der Waals surface area contributed by atoms with Gasteiger partial charge in [-0.05, 0) is 49.6 Å². The van der Waals surface area contributed by atoms with Crippen molar-refractivity contribution in [1.82, 2.24) is 10.0 Å². The summed E-state index contributed by atoms with van der Waals surface area (Å²) in [5, 5.41) is 2.80. The van der Waals surface area contributed by atoms with Crippen molar-refractivity contribution in [2.75, 3.05) is 13.2 Å². The molecule has 156 valence electrons. The predicted octanol–water partition coefficient (Wildman–Crippen LogP) is 2.28. The van der Waals surface area contributed by atoms with Gasteiger partial charge in [-0.1, -0.05) is 37.3 Å². The van der Waals surface area contributed by atoms with E-state index in [1.807, 2.05) is 37.3 Å². The van der Waals surface area contributed by atoms with Gasteiger partial charge in [0.25, 0.3) is 5.91 Å². The number of nitrogens with one attached hydrogen (secondary N) is 2. The monoisotopic (exact) mass is 418 g/mol. The molecular formula is C21H26N2O5S. The molecule has 0 aliphatic carbocycles. The Morgan fingerprint density at radius 1 is 1.03 bits per heavy atom. The highest BCUT2D eigenvalue weighted by molar-refractivity contribution is 7.89. The highest BCUT2D eigenvalue weighted by Gasteiger charge is 2.15. The number of carbonyl (C=O) groups excluding carboxylic acids is 2. The molecule has 2 aromatic rings. The van der Waals surface area contributed by atoms with Crippen LogP contribution in [-0.2, 0) is 26.0 Å². The number of aryl methyl sites for hydroxylation is 1. The van der Waals surface area contributed by atoms with E-state index in [1.54, 1.807) is 6.92 Å². The van der Waals surface area contributed by atoms with Gasteiger partial charge in [0.2, 0.25) is 10.0 Å². The van der Waals surface area contributed by atoms with Gasteiger partial charge in [0.15, 0.2) is 6.61 Å². The standard InChI is InChI=1S/C21H26N2O5S/c1-3-22-29(26,27)19-13-11-18(12-14-19)21(25)28-15-20(24)23-16(2)9-10-17-7-5-4-6-8-17/h4-8,11-14,16,22H,3,9-10,15H2,1-2H3,(H,23,24)/t16-/m1/s1. The van der Waals surface area contributed by atoms with Crippen LogP contribution in [0.15, 0.2) is 59.5 Å². The Labute approximate surface area is 171 Å². The molecule has 0 saturated heterocycles. The average Bonchev–Trinajstić information content (AvgIpc) is 2.71. The van der Waals surface area contributed by atoms with Crippen LogP contribution in [0.1, 0.15) is 36.2 Å². The summed E-state index contributed by atoms with van der Waals surface area (Å²) < 4.78 is 31.2. The SMILES string of the molecule is CCNS(=O)(=O)c1ccc(C(=O)OCC(=O)N[C@H](C)CCc2ccccc2)cc1. The van der Waals surface area contributed by atoms with Crippen LogP contribution in [0.25, 0.3) is 0 Å². The average molecular weight is 419 g/mol. The quantitative estimate of drug-likeness (QED) is 0.577. The van der Waals surface area contributed by atoms with E-state index in [4.69, 9.17) is 4.74 Å². The molecule has 29 heavy (non-hydrogen) atoms. The Bertz CT molecular complexity index is 912. The smallest absolute Gasteiger partial charge is 0.338 e. The molecule has 1 amide bonds. The molecule has 8 heteroatoms. The van der Waals surface area contributed by atoms with Gasteiger partial charge in [0.05, 0.1) is 10.5 Å². The molecule has 2 rings (SSSR count). The molecule has 0 spiro atoms. The van der Waals surface area contributed by atoms with Crippen molar-refractivity contribution in [3.05, 3.63) is 65.7 Å². The molecule has 2 N–H and O–H groups in total. The number of ether oxygens (including phenoxy) is 1. The van der Waals surface area contributed by atoms with E-state index >= 15 is 0 Å². The Hall–Kier alpha value is -2.71. The minimum Gasteiger partial charge on any atom is -0.452 e. The van der Waals surface area contributed by atoms with Crippen LogP contribution in [0, 0.1) is 0 Å². The van der Waals surface area contributed by atoms with Gasteiger partial charge in [-0.25, -0.2) is 17.9 Å². The third-order valence-electron chi connectivity index (χ3n) is 4.19. The zero-order valence-electron chi connectivity index (χ0n) is 16.6. The zero-order chi connectivity index (χ0) is 21.3. The second-order valence-electron chi connectivity index (χ2n) is 6.59. The molecule has 0 aliphatic rings. The number of hydrogen-bond acceptors (Lipinski definition) is 5. The summed E-state index contributed by atoms with van der Waals surface area (Å²) in [5.41, 5.74) is 1.37. The van der Waals surface area contributed by atoms with Gasteiger partial charge in [0, 0.05) is 12.6 Å². The lowest BCUT2D eigenvalue weighted by molar-refractivity contribution is -0.124. The van der Waals surface area contributed by atoms with E-state index < -0.39 is 22.6 Å². The van der Waals surface area contributed by atoms with E-state index in [-0.39, 0.29) is 29.0 Å². The summed E-state index contributed by atoms with van der Waals surface area (Å²) in [5.74, 6) is -1.07. The molecule has 0 saturated carbocycles. The number of benzene rings is 2. The highest BCUT2D eigenvalue weighted by Crippen LogP contribution is 2.11. The van der Waals surface area contributed by atoms with Gasteiger partial charge >= 0.3 is 5.97 Å². The Morgan fingerprint density at radius 2 is 1.69 bits per heavy atom. The zero-order valence-corrected chi connectivity index (χ0v) is 17.4. The molecule has 0 aliphatic heterocycles. The molecule has 1 atom stereocenters. The molecule has 0 heterocycles. The lowest BCUT2D eigenvalue weighted by atomic mass is 10.1. The maximum Gasteiger partial charge on any atom is 0.338 e. The summed E-state index contributed by atoms with van der Waals surface area (Å²) in [6, 6.07) is 15.3. The molecule has 7 nitrogen and oxygen atoms in total. The van der Waals surface area contributed by atoms with Gasteiger partial charge in [-0.15, -0.1) is 0 Å². The summed E-state index contributed by atoms with van der Waals surface area (Å²) >= 11 is 0. The minimum atomic E-state index is -3.58. The fraction of sp³-hybridized carbons (Fsp3) is 0.333. The molecule has 2 aromatic carbocycles. The fourth-order valence-corrected chi connectivity index (χ4v) is 3.72. The van der Waals surface area contributed by atoms with Crippen molar-refractivity contribution in [2.24, 2.45) is 0 Å². The maximum absolute atomic E-state index is 12.1. The maximum atomic E-state index is 12.1. The summed E-state index contributed by atoms with van der Waals surface area (Å²) in [6.45, 7) is 3.44. The molecule has 0 bridgehead atoms. The molecule has 0 unspecified atom stereocenters. The van der Waals surface area contributed by atoms with Crippen LogP contribution in [0.4, 0.5) is 0 Å². The van der Waals surface area contributed by atoms with E-state index in [2.05, 4.69) is 10.0 Å². The third kappa shape index (κ3) is 7.32. The van der Waals surface area contributed by atoms with Crippen molar-refractivity contribution < 1.29 is 22.7 Å². The van der Waals surface area contributed by atoms with Crippen molar-refractivity contribution in [3.8, 4) is 0 Å². The van der Waals surface area contributed by atoms with Crippen LogP contribution < -0.4 is 10.0 Å². The summed E-state index contributed by atoms with van der Waals surface area (Å²) in [7, 11) is -3.58. The second kappa shape index (κ2) is 10.7. The third-order valence-corrected chi connectivity index (χ3v) is 5.75. The van der Waals surface area contributed by atoms with Crippen LogP contribution in [0.5, 0.6) is 0 Å². The number of sulfonamides is 1. The van der Waals surface area contributed by atoms with Crippen molar-refractivity contribution in [3.63, 3.8) is 0 Å². The Kier molecular flexibility index (Phi) is 8.35. The lowest BCUT2D eigenvalue weighted by Crippen LogP contribution is -2.36. The van der Waals surface area contributed by atoms with Crippen LogP contribution in [0.2, 0.25) is 0 Å². The Balaban J connectivity index is 1.78. The van der Waals surface area contributed by atoms with Crippen LogP contribution in [0.3, 0.4) is 0 Å². The van der Waals surface area contributed by atoms with Crippen LogP contribution >= 0.6 is 0 Å². The first-order chi connectivity index (χ1) is 13.8. The molecule has 0 radical (unpaired) electrons. The fourth-order valence-electron chi connectivity index (χ4n) is 2.67. The Morgan fingerprint density at radius 3 is 2.31 bits per heavy atom. The number of hydrogen-bond donors (Lipinski definition) is 2. The minimum absolute atomic E-state index is 0.0564. The molecular weight excluding hydrogens is 392 g/mol. The van der Waals surface area contributed by atoms with E-state index in [0.29, 0.717) is 0 Å². The van der Waals surface area contributed by atoms with Crippen molar-refractivity contribution in [1.29, 1.82) is 0 Å². The van der Waals surface area contributed by atoms with Crippen molar-refractivity contribution in [2.45, 2.75) is 37.6 Å².